The normalized spacial score (nSPS) is 15.1. The number of carbonyl (C=O) groups excluding carboxylic acids is 2. The fourth-order valence-electron chi connectivity index (χ4n) is 2.43. The topological polar surface area (TPSA) is 132 Å². The number of nitrogens with one attached hydrogen (secondary N) is 1. The van der Waals surface area contributed by atoms with Crippen LogP contribution in [0.15, 0.2) is 45.5 Å². The van der Waals surface area contributed by atoms with Gasteiger partial charge in [-0.25, -0.2) is 17.9 Å². The zero-order chi connectivity index (χ0) is 21.6. The van der Waals surface area contributed by atoms with Crippen LogP contribution in [0.3, 0.4) is 0 Å². The summed E-state index contributed by atoms with van der Waals surface area (Å²) in [7, 11) is -2.00. The first-order chi connectivity index (χ1) is 13.4. The van der Waals surface area contributed by atoms with Gasteiger partial charge in [-0.2, -0.15) is 18.3 Å². The molecule has 0 radical (unpaired) electrons. The van der Waals surface area contributed by atoms with Gasteiger partial charge in [0.15, 0.2) is 5.69 Å². The Kier molecular flexibility index (Phi) is 4.69. The molecule has 0 saturated carbocycles. The number of esters is 1. The molecule has 0 aliphatic carbocycles. The lowest BCUT2D eigenvalue weighted by Crippen LogP contribution is -2.32. The number of carbonyl (C=O) groups is 2. The van der Waals surface area contributed by atoms with Crippen molar-refractivity contribution >= 4 is 21.9 Å². The molecule has 29 heavy (non-hydrogen) atoms. The second kappa shape index (κ2) is 6.65. The third-order valence-electron chi connectivity index (χ3n) is 4.00. The predicted octanol–water partition coefficient (Wildman–Crippen LogP) is 1.51. The SMILES string of the molecule is COC(=O)c1cc(C(=O)NS(=O)(=O)c2ccc(C3(C(F)(F)F)N=N3)cc2)n(C)n1. The van der Waals surface area contributed by atoms with E-state index in [2.05, 4.69) is 20.1 Å². The minimum absolute atomic E-state index is 0.212. The number of halogens is 3. The lowest BCUT2D eigenvalue weighted by atomic mass is 10.0. The molecule has 0 unspecified atom stereocenters. The summed E-state index contributed by atoms with van der Waals surface area (Å²) in [5.74, 6) is -1.93. The average molecular weight is 431 g/mol. The molecule has 1 aliphatic rings. The van der Waals surface area contributed by atoms with E-state index in [0.29, 0.717) is 0 Å². The maximum atomic E-state index is 13.0. The van der Waals surface area contributed by atoms with Gasteiger partial charge in [0, 0.05) is 18.7 Å². The van der Waals surface area contributed by atoms with Gasteiger partial charge in [0.2, 0.25) is 0 Å². The van der Waals surface area contributed by atoms with Gasteiger partial charge in [0.1, 0.15) is 5.69 Å². The molecule has 14 heteroatoms. The number of ether oxygens (including phenoxy) is 1. The van der Waals surface area contributed by atoms with E-state index < -0.39 is 38.6 Å². The van der Waals surface area contributed by atoms with E-state index in [0.717, 1.165) is 42.1 Å². The van der Waals surface area contributed by atoms with Gasteiger partial charge < -0.3 is 4.74 Å². The summed E-state index contributed by atoms with van der Waals surface area (Å²) in [5.41, 5.74) is -3.50. The standard InChI is InChI=1S/C15H12F3N5O5S/c1-23-11(7-10(19-23)13(25)28-2)12(24)20-29(26,27)9-5-3-8(4-6-9)14(21-22-14)15(16,17)18/h3-7H,1-2H3,(H,20,24). The van der Waals surface area contributed by atoms with Crippen molar-refractivity contribution in [1.82, 2.24) is 14.5 Å². The number of aromatic nitrogens is 2. The van der Waals surface area contributed by atoms with Gasteiger partial charge in [-0.1, -0.05) is 12.1 Å². The van der Waals surface area contributed by atoms with Crippen LogP contribution < -0.4 is 4.72 Å². The van der Waals surface area contributed by atoms with Crippen LogP contribution in [0.25, 0.3) is 0 Å². The molecule has 0 bridgehead atoms. The number of rotatable bonds is 5. The summed E-state index contributed by atoms with van der Waals surface area (Å²) in [6.45, 7) is 0. The van der Waals surface area contributed by atoms with E-state index in [4.69, 9.17) is 0 Å². The van der Waals surface area contributed by atoms with Crippen molar-refractivity contribution in [2.24, 2.45) is 17.3 Å². The van der Waals surface area contributed by atoms with E-state index in [9.17, 15) is 31.2 Å². The summed E-state index contributed by atoms with van der Waals surface area (Å²) in [6.07, 6.45) is -4.75. The van der Waals surface area contributed by atoms with Crippen molar-refractivity contribution in [3.05, 3.63) is 47.3 Å². The average Bonchev–Trinajstić information content (AvgIpc) is 3.38. The fourth-order valence-corrected chi connectivity index (χ4v) is 3.39. The maximum Gasteiger partial charge on any atom is 0.442 e. The molecule has 1 aromatic carbocycles. The number of hydrogen-bond acceptors (Lipinski definition) is 8. The van der Waals surface area contributed by atoms with Crippen molar-refractivity contribution in [3.63, 3.8) is 0 Å². The number of hydrogen-bond donors (Lipinski definition) is 1. The highest BCUT2D eigenvalue weighted by Crippen LogP contribution is 2.52. The van der Waals surface area contributed by atoms with Crippen molar-refractivity contribution < 1.29 is 35.9 Å². The Labute approximate surface area is 161 Å². The zero-order valence-corrected chi connectivity index (χ0v) is 15.6. The van der Waals surface area contributed by atoms with Gasteiger partial charge in [-0.15, -0.1) is 10.2 Å². The molecule has 0 fully saturated rings. The quantitative estimate of drug-likeness (QED) is 0.714. The Bertz CT molecular complexity index is 1120. The number of amides is 1. The molecule has 1 amide bonds. The Balaban J connectivity index is 1.81. The molecule has 154 valence electrons. The van der Waals surface area contributed by atoms with Gasteiger partial charge in [-0.3, -0.25) is 9.48 Å². The summed E-state index contributed by atoms with van der Waals surface area (Å²) in [6, 6.07) is 4.64. The van der Waals surface area contributed by atoms with E-state index in [1.165, 1.54) is 7.05 Å². The molecule has 2 aromatic rings. The predicted molar refractivity (Wildman–Crippen MR) is 88.2 cm³/mol. The number of benzene rings is 1. The highest BCUT2D eigenvalue weighted by molar-refractivity contribution is 7.90. The highest BCUT2D eigenvalue weighted by Gasteiger charge is 2.65. The number of sulfonamides is 1. The molecule has 10 nitrogen and oxygen atoms in total. The Morgan fingerprint density at radius 1 is 1.17 bits per heavy atom. The number of aryl methyl sites for hydroxylation is 1. The number of alkyl halides is 3. The van der Waals surface area contributed by atoms with E-state index in [-0.39, 0.29) is 17.0 Å². The summed E-state index contributed by atoms with van der Waals surface area (Å²) in [5, 5.41) is 9.78. The molecular formula is C15H12F3N5O5S. The van der Waals surface area contributed by atoms with Crippen LogP contribution in [-0.4, -0.2) is 43.4 Å². The molecule has 1 aliphatic heterocycles. The Morgan fingerprint density at radius 2 is 1.76 bits per heavy atom. The van der Waals surface area contributed by atoms with Crippen molar-refractivity contribution in [2.45, 2.75) is 16.7 Å². The minimum Gasteiger partial charge on any atom is -0.464 e. The van der Waals surface area contributed by atoms with Crippen LogP contribution >= 0.6 is 0 Å². The Hall–Kier alpha value is -3.29. The Morgan fingerprint density at radius 3 is 2.24 bits per heavy atom. The largest absolute Gasteiger partial charge is 0.464 e. The minimum atomic E-state index is -4.75. The molecule has 2 heterocycles. The van der Waals surface area contributed by atoms with Gasteiger partial charge in [0.25, 0.3) is 15.9 Å². The molecule has 1 aromatic heterocycles. The zero-order valence-electron chi connectivity index (χ0n) is 14.8. The van der Waals surface area contributed by atoms with Crippen molar-refractivity contribution in [2.75, 3.05) is 7.11 Å². The monoisotopic (exact) mass is 431 g/mol. The van der Waals surface area contributed by atoms with Gasteiger partial charge in [0.05, 0.1) is 12.0 Å². The van der Waals surface area contributed by atoms with Crippen LogP contribution in [-0.2, 0) is 27.5 Å². The second-order valence-electron chi connectivity index (χ2n) is 5.86. The first-order valence-electron chi connectivity index (χ1n) is 7.72. The second-order valence-corrected chi connectivity index (χ2v) is 7.54. The van der Waals surface area contributed by atoms with Crippen LogP contribution in [0.1, 0.15) is 26.5 Å². The van der Waals surface area contributed by atoms with E-state index in [1.54, 1.807) is 4.72 Å². The van der Waals surface area contributed by atoms with E-state index >= 15 is 0 Å². The first-order valence-corrected chi connectivity index (χ1v) is 9.20. The van der Waals surface area contributed by atoms with Crippen LogP contribution in [0.5, 0.6) is 0 Å². The first kappa shape index (κ1) is 20.4. The maximum absolute atomic E-state index is 13.0. The third-order valence-corrected chi connectivity index (χ3v) is 5.34. The third kappa shape index (κ3) is 3.57. The number of methoxy groups -OCH3 is 1. The lowest BCUT2D eigenvalue weighted by Gasteiger charge is -2.15. The molecule has 0 atom stereocenters. The van der Waals surface area contributed by atoms with Gasteiger partial charge >= 0.3 is 17.8 Å². The van der Waals surface area contributed by atoms with E-state index in [1.807, 2.05) is 0 Å². The number of nitrogens with zero attached hydrogens (tertiary/aromatic N) is 4. The molecule has 3 rings (SSSR count). The summed E-state index contributed by atoms with van der Waals surface area (Å²) < 4.78 is 70.9. The highest BCUT2D eigenvalue weighted by atomic mass is 32.2. The molecule has 1 N–H and O–H groups in total. The van der Waals surface area contributed by atoms with Crippen LogP contribution in [0.2, 0.25) is 0 Å². The summed E-state index contributed by atoms with van der Waals surface area (Å²) >= 11 is 0. The molecular weight excluding hydrogens is 419 g/mol. The van der Waals surface area contributed by atoms with Gasteiger partial charge in [-0.05, 0) is 12.1 Å². The summed E-state index contributed by atoms with van der Waals surface area (Å²) in [4.78, 5) is 23.3. The van der Waals surface area contributed by atoms with Crippen LogP contribution in [0, 0.1) is 0 Å². The van der Waals surface area contributed by atoms with Crippen molar-refractivity contribution in [3.8, 4) is 0 Å². The fraction of sp³-hybridized carbons (Fsp3) is 0.267. The molecule has 0 saturated heterocycles. The molecule has 0 spiro atoms. The van der Waals surface area contributed by atoms with Crippen LogP contribution in [0.4, 0.5) is 13.2 Å². The van der Waals surface area contributed by atoms with Crippen molar-refractivity contribution in [1.29, 1.82) is 0 Å². The smallest absolute Gasteiger partial charge is 0.442 e. The lowest BCUT2D eigenvalue weighted by molar-refractivity contribution is -0.166.